The average molecular weight is 259 g/mol. The van der Waals surface area contributed by atoms with Crippen LogP contribution in [0.4, 0.5) is 0 Å². The standard InChI is InChI=1S/C16H21NO2/c1-10(2)15-12-5-4-6-13(18-3)16(12)19-14(15)9-17-11-7-8-11/h4-6,10-11,17H,7-9H2,1-3H3. The lowest BCUT2D eigenvalue weighted by Gasteiger charge is -2.07. The number of hydrogen-bond acceptors (Lipinski definition) is 3. The van der Waals surface area contributed by atoms with Crippen molar-refractivity contribution in [1.82, 2.24) is 5.32 Å². The van der Waals surface area contributed by atoms with E-state index >= 15 is 0 Å². The molecule has 3 rings (SSSR count). The molecule has 19 heavy (non-hydrogen) atoms. The van der Waals surface area contributed by atoms with Crippen molar-refractivity contribution in [2.24, 2.45) is 0 Å². The van der Waals surface area contributed by atoms with Crippen LogP contribution in [0.3, 0.4) is 0 Å². The first-order valence-corrected chi connectivity index (χ1v) is 7.02. The van der Waals surface area contributed by atoms with Crippen LogP contribution in [0.2, 0.25) is 0 Å². The number of ether oxygens (including phenoxy) is 1. The molecule has 1 saturated carbocycles. The Bertz CT molecular complexity index is 582. The van der Waals surface area contributed by atoms with Crippen LogP contribution >= 0.6 is 0 Å². The van der Waals surface area contributed by atoms with Crippen LogP contribution in [-0.2, 0) is 6.54 Å². The smallest absolute Gasteiger partial charge is 0.176 e. The molecule has 0 atom stereocenters. The summed E-state index contributed by atoms with van der Waals surface area (Å²) in [6.45, 7) is 5.24. The van der Waals surface area contributed by atoms with Crippen molar-refractivity contribution >= 4 is 11.0 Å². The Morgan fingerprint density at radius 1 is 1.37 bits per heavy atom. The van der Waals surface area contributed by atoms with Gasteiger partial charge in [0.2, 0.25) is 0 Å². The number of nitrogens with one attached hydrogen (secondary N) is 1. The Labute approximate surface area is 113 Å². The second-order valence-corrected chi connectivity index (χ2v) is 5.59. The van der Waals surface area contributed by atoms with Crippen molar-refractivity contribution < 1.29 is 9.15 Å². The van der Waals surface area contributed by atoms with Crippen LogP contribution < -0.4 is 10.1 Å². The van der Waals surface area contributed by atoms with Crippen molar-refractivity contribution in [2.75, 3.05) is 7.11 Å². The highest BCUT2D eigenvalue weighted by molar-refractivity contribution is 5.87. The minimum atomic E-state index is 0.448. The molecule has 1 heterocycles. The summed E-state index contributed by atoms with van der Waals surface area (Å²) < 4.78 is 11.5. The largest absolute Gasteiger partial charge is 0.493 e. The van der Waals surface area contributed by atoms with Gasteiger partial charge >= 0.3 is 0 Å². The minimum absolute atomic E-state index is 0.448. The summed E-state index contributed by atoms with van der Waals surface area (Å²) in [6.07, 6.45) is 2.58. The number of rotatable bonds is 5. The fraction of sp³-hybridized carbons (Fsp3) is 0.500. The van der Waals surface area contributed by atoms with Crippen LogP contribution in [0, 0.1) is 0 Å². The van der Waals surface area contributed by atoms with Gasteiger partial charge in [-0.2, -0.15) is 0 Å². The third kappa shape index (κ3) is 2.35. The van der Waals surface area contributed by atoms with E-state index in [2.05, 4.69) is 25.2 Å². The Balaban J connectivity index is 2.05. The summed E-state index contributed by atoms with van der Waals surface area (Å²) in [4.78, 5) is 0. The molecule has 1 fully saturated rings. The normalized spacial score (nSPS) is 15.4. The molecule has 0 unspecified atom stereocenters. The second-order valence-electron chi connectivity index (χ2n) is 5.59. The lowest BCUT2D eigenvalue weighted by Crippen LogP contribution is -2.15. The van der Waals surface area contributed by atoms with E-state index in [1.54, 1.807) is 7.11 Å². The van der Waals surface area contributed by atoms with Crippen LogP contribution in [0.15, 0.2) is 22.6 Å². The van der Waals surface area contributed by atoms with Crippen molar-refractivity contribution in [3.05, 3.63) is 29.5 Å². The monoisotopic (exact) mass is 259 g/mol. The molecule has 1 aliphatic carbocycles. The first-order chi connectivity index (χ1) is 9.20. The zero-order valence-electron chi connectivity index (χ0n) is 11.8. The van der Waals surface area contributed by atoms with Gasteiger partial charge in [0.1, 0.15) is 5.76 Å². The van der Waals surface area contributed by atoms with Crippen molar-refractivity contribution in [2.45, 2.75) is 45.2 Å². The van der Waals surface area contributed by atoms with Crippen molar-refractivity contribution in [3.63, 3.8) is 0 Å². The van der Waals surface area contributed by atoms with Gasteiger partial charge in [0.15, 0.2) is 11.3 Å². The number of fused-ring (bicyclic) bond motifs is 1. The predicted molar refractivity (Wildman–Crippen MR) is 76.7 cm³/mol. The third-order valence-electron chi connectivity index (χ3n) is 3.72. The average Bonchev–Trinajstić information content (AvgIpc) is 3.14. The number of methoxy groups -OCH3 is 1. The molecule has 2 aromatic rings. The van der Waals surface area contributed by atoms with Crippen LogP contribution in [0.5, 0.6) is 5.75 Å². The topological polar surface area (TPSA) is 34.4 Å². The SMILES string of the molecule is COc1cccc2c(C(C)C)c(CNC3CC3)oc12. The zero-order chi connectivity index (χ0) is 13.4. The van der Waals surface area contributed by atoms with Crippen LogP contribution in [0.1, 0.15) is 43.9 Å². The van der Waals surface area contributed by atoms with E-state index in [4.69, 9.17) is 9.15 Å². The summed E-state index contributed by atoms with van der Waals surface area (Å²) in [6, 6.07) is 6.79. The molecular formula is C16H21NO2. The maximum atomic E-state index is 6.07. The maximum Gasteiger partial charge on any atom is 0.176 e. The van der Waals surface area contributed by atoms with E-state index in [0.29, 0.717) is 12.0 Å². The highest BCUT2D eigenvalue weighted by Gasteiger charge is 2.23. The van der Waals surface area contributed by atoms with Gasteiger partial charge in [-0.25, -0.2) is 0 Å². The number of benzene rings is 1. The molecule has 102 valence electrons. The Hall–Kier alpha value is -1.48. The number of furan rings is 1. The Morgan fingerprint density at radius 3 is 2.79 bits per heavy atom. The summed E-state index contributed by atoms with van der Waals surface area (Å²) in [7, 11) is 1.69. The highest BCUT2D eigenvalue weighted by atomic mass is 16.5. The quantitative estimate of drug-likeness (QED) is 0.886. The maximum absolute atomic E-state index is 6.07. The van der Waals surface area contributed by atoms with Crippen molar-refractivity contribution in [1.29, 1.82) is 0 Å². The van der Waals surface area contributed by atoms with Gasteiger partial charge in [0.05, 0.1) is 13.7 Å². The van der Waals surface area contributed by atoms with Gasteiger partial charge in [-0.3, -0.25) is 0 Å². The van der Waals surface area contributed by atoms with E-state index in [-0.39, 0.29) is 0 Å². The van der Waals surface area contributed by atoms with Gasteiger partial charge in [-0.1, -0.05) is 26.0 Å². The zero-order valence-corrected chi connectivity index (χ0v) is 11.8. The molecular weight excluding hydrogens is 238 g/mol. The lowest BCUT2D eigenvalue weighted by atomic mass is 9.99. The molecule has 0 aliphatic heterocycles. The molecule has 0 bridgehead atoms. The van der Waals surface area contributed by atoms with E-state index in [1.807, 2.05) is 12.1 Å². The number of para-hydroxylation sites is 1. The molecule has 1 aromatic carbocycles. The molecule has 1 aliphatic rings. The van der Waals surface area contributed by atoms with E-state index in [1.165, 1.54) is 23.8 Å². The van der Waals surface area contributed by atoms with Gasteiger partial charge in [0.25, 0.3) is 0 Å². The number of hydrogen-bond donors (Lipinski definition) is 1. The molecule has 3 nitrogen and oxygen atoms in total. The third-order valence-corrected chi connectivity index (χ3v) is 3.72. The van der Waals surface area contributed by atoms with Gasteiger partial charge in [-0.05, 0) is 24.8 Å². The molecule has 1 aromatic heterocycles. The lowest BCUT2D eigenvalue weighted by molar-refractivity contribution is 0.405. The van der Waals surface area contributed by atoms with E-state index < -0.39 is 0 Å². The molecule has 0 saturated heterocycles. The van der Waals surface area contributed by atoms with Gasteiger partial charge in [0, 0.05) is 17.0 Å². The predicted octanol–water partition coefficient (Wildman–Crippen LogP) is 3.82. The second kappa shape index (κ2) is 4.89. The van der Waals surface area contributed by atoms with Crippen LogP contribution in [-0.4, -0.2) is 13.2 Å². The van der Waals surface area contributed by atoms with Gasteiger partial charge in [-0.15, -0.1) is 0 Å². The summed E-state index contributed by atoms with van der Waals surface area (Å²) in [5, 5.41) is 4.71. The molecule has 0 spiro atoms. The summed E-state index contributed by atoms with van der Waals surface area (Å²) in [5.74, 6) is 2.32. The first kappa shape index (κ1) is 12.5. The summed E-state index contributed by atoms with van der Waals surface area (Å²) in [5.41, 5.74) is 2.18. The van der Waals surface area contributed by atoms with E-state index in [0.717, 1.165) is 23.6 Å². The Kier molecular flexibility index (Phi) is 3.23. The fourth-order valence-electron chi connectivity index (χ4n) is 2.61. The molecule has 0 radical (unpaired) electrons. The van der Waals surface area contributed by atoms with Crippen LogP contribution in [0.25, 0.3) is 11.0 Å². The highest BCUT2D eigenvalue weighted by Crippen LogP contribution is 2.36. The van der Waals surface area contributed by atoms with Gasteiger partial charge < -0.3 is 14.5 Å². The molecule has 0 amide bonds. The van der Waals surface area contributed by atoms with Crippen molar-refractivity contribution in [3.8, 4) is 5.75 Å². The minimum Gasteiger partial charge on any atom is -0.493 e. The fourth-order valence-corrected chi connectivity index (χ4v) is 2.61. The summed E-state index contributed by atoms with van der Waals surface area (Å²) >= 11 is 0. The molecule has 1 N–H and O–H groups in total. The van der Waals surface area contributed by atoms with E-state index in [9.17, 15) is 0 Å². The Morgan fingerprint density at radius 2 is 2.16 bits per heavy atom. The molecule has 3 heteroatoms. The first-order valence-electron chi connectivity index (χ1n) is 7.02.